The molecule has 0 heteroatoms. The Morgan fingerprint density at radius 3 is 2.31 bits per heavy atom. The molecule has 0 unspecified atom stereocenters. The van der Waals surface area contributed by atoms with Crippen molar-refractivity contribution in [3.8, 4) is 11.8 Å². The third kappa shape index (κ3) is 2.12. The van der Waals surface area contributed by atoms with E-state index in [0.717, 1.165) is 6.42 Å². The third-order valence-electron chi connectivity index (χ3n) is 2.55. The molecule has 1 rings (SSSR count). The van der Waals surface area contributed by atoms with Gasteiger partial charge in [0.15, 0.2) is 0 Å². The Morgan fingerprint density at radius 2 is 1.69 bits per heavy atom. The van der Waals surface area contributed by atoms with E-state index in [1.807, 2.05) is 6.92 Å². The smallest absolute Gasteiger partial charge is 0.0345 e. The zero-order valence-electron chi connectivity index (χ0n) is 8.86. The molecule has 0 bridgehead atoms. The first kappa shape index (κ1) is 9.86. The van der Waals surface area contributed by atoms with Gasteiger partial charge in [0.05, 0.1) is 0 Å². The summed E-state index contributed by atoms with van der Waals surface area (Å²) < 4.78 is 0. The number of hydrogen-bond donors (Lipinski definition) is 0. The maximum atomic E-state index is 3.12. The molecular formula is C13H16. The Hall–Kier alpha value is -1.22. The Labute approximate surface area is 81.0 Å². The second-order valence-corrected chi connectivity index (χ2v) is 3.41. The standard InChI is InChI=1S/C13H16/c1-5-6-7-13-11(3)9-8-10(2)12(13)4/h8-9H,7H2,1-4H3. The average molecular weight is 172 g/mol. The molecule has 1 aromatic rings. The van der Waals surface area contributed by atoms with Crippen molar-refractivity contribution in [3.63, 3.8) is 0 Å². The molecule has 0 amide bonds. The van der Waals surface area contributed by atoms with Gasteiger partial charge in [0.2, 0.25) is 0 Å². The highest BCUT2D eigenvalue weighted by molar-refractivity contribution is 5.41. The lowest BCUT2D eigenvalue weighted by molar-refractivity contribution is 1.16. The van der Waals surface area contributed by atoms with Crippen LogP contribution in [0.4, 0.5) is 0 Å². The van der Waals surface area contributed by atoms with E-state index in [9.17, 15) is 0 Å². The van der Waals surface area contributed by atoms with Crippen molar-refractivity contribution in [2.45, 2.75) is 34.1 Å². The van der Waals surface area contributed by atoms with Crippen LogP contribution >= 0.6 is 0 Å². The summed E-state index contributed by atoms with van der Waals surface area (Å²) in [5.41, 5.74) is 5.50. The summed E-state index contributed by atoms with van der Waals surface area (Å²) in [6.07, 6.45) is 0.885. The molecule has 0 aliphatic rings. The molecule has 0 saturated heterocycles. The molecule has 0 spiro atoms. The van der Waals surface area contributed by atoms with E-state index >= 15 is 0 Å². The fourth-order valence-electron chi connectivity index (χ4n) is 1.46. The molecule has 0 aliphatic carbocycles. The lowest BCUT2D eigenvalue weighted by Gasteiger charge is -2.09. The summed E-state index contributed by atoms with van der Waals surface area (Å²) in [6.45, 7) is 8.37. The summed E-state index contributed by atoms with van der Waals surface area (Å²) in [6, 6.07) is 4.35. The molecule has 0 aliphatic heterocycles. The molecule has 0 atom stereocenters. The molecule has 0 fully saturated rings. The fourth-order valence-corrected chi connectivity index (χ4v) is 1.46. The second kappa shape index (κ2) is 4.14. The number of hydrogen-bond acceptors (Lipinski definition) is 0. The van der Waals surface area contributed by atoms with Crippen molar-refractivity contribution >= 4 is 0 Å². The maximum Gasteiger partial charge on any atom is 0.0345 e. The maximum absolute atomic E-state index is 3.12. The molecule has 68 valence electrons. The van der Waals surface area contributed by atoms with Crippen molar-refractivity contribution in [1.82, 2.24) is 0 Å². The van der Waals surface area contributed by atoms with Gasteiger partial charge in [0.25, 0.3) is 0 Å². The summed E-state index contributed by atoms with van der Waals surface area (Å²) in [5, 5.41) is 0. The first-order chi connectivity index (χ1) is 6.16. The van der Waals surface area contributed by atoms with Crippen molar-refractivity contribution < 1.29 is 0 Å². The van der Waals surface area contributed by atoms with Gasteiger partial charge < -0.3 is 0 Å². The zero-order chi connectivity index (χ0) is 9.84. The largest absolute Gasteiger partial charge is 0.106 e. The molecule has 13 heavy (non-hydrogen) atoms. The molecule has 0 saturated carbocycles. The van der Waals surface area contributed by atoms with E-state index < -0.39 is 0 Å². The molecule has 0 N–H and O–H groups in total. The lowest BCUT2D eigenvalue weighted by Crippen LogP contribution is -1.94. The minimum absolute atomic E-state index is 0.885. The topological polar surface area (TPSA) is 0 Å². The predicted molar refractivity (Wildman–Crippen MR) is 57.8 cm³/mol. The number of aryl methyl sites for hydroxylation is 2. The number of rotatable bonds is 1. The highest BCUT2D eigenvalue weighted by atomic mass is 14.1. The zero-order valence-corrected chi connectivity index (χ0v) is 8.86. The van der Waals surface area contributed by atoms with Gasteiger partial charge in [-0.3, -0.25) is 0 Å². The molecule has 0 heterocycles. The van der Waals surface area contributed by atoms with E-state index in [-0.39, 0.29) is 0 Å². The minimum Gasteiger partial charge on any atom is -0.106 e. The number of benzene rings is 1. The van der Waals surface area contributed by atoms with Crippen LogP contribution in [0.3, 0.4) is 0 Å². The first-order valence-electron chi connectivity index (χ1n) is 4.62. The van der Waals surface area contributed by atoms with Gasteiger partial charge in [0, 0.05) is 6.42 Å². The fraction of sp³-hybridized carbons (Fsp3) is 0.385. The quantitative estimate of drug-likeness (QED) is 0.571. The van der Waals surface area contributed by atoms with Crippen LogP contribution in [0.15, 0.2) is 12.1 Å². The van der Waals surface area contributed by atoms with Gasteiger partial charge in [-0.05, 0) is 49.9 Å². The van der Waals surface area contributed by atoms with Crippen LogP contribution in [0, 0.1) is 32.6 Å². The van der Waals surface area contributed by atoms with Gasteiger partial charge >= 0.3 is 0 Å². The van der Waals surface area contributed by atoms with Crippen LogP contribution in [0.1, 0.15) is 29.2 Å². The molecule has 0 radical (unpaired) electrons. The van der Waals surface area contributed by atoms with Crippen molar-refractivity contribution in [2.24, 2.45) is 0 Å². The lowest BCUT2D eigenvalue weighted by atomic mass is 9.96. The van der Waals surface area contributed by atoms with Gasteiger partial charge in [-0.2, -0.15) is 0 Å². The van der Waals surface area contributed by atoms with E-state index in [2.05, 4.69) is 44.7 Å². The Balaban J connectivity index is 3.14. The molecule has 0 nitrogen and oxygen atoms in total. The molecule has 0 aromatic heterocycles. The predicted octanol–water partition coefficient (Wildman–Crippen LogP) is 3.18. The van der Waals surface area contributed by atoms with Gasteiger partial charge in [-0.15, -0.1) is 5.92 Å². The SMILES string of the molecule is CC#CCc1c(C)ccc(C)c1C. The first-order valence-corrected chi connectivity index (χ1v) is 4.62. The van der Waals surface area contributed by atoms with E-state index in [4.69, 9.17) is 0 Å². The third-order valence-corrected chi connectivity index (χ3v) is 2.55. The minimum atomic E-state index is 0.885. The summed E-state index contributed by atoms with van der Waals surface area (Å²) in [5.74, 6) is 6.06. The highest BCUT2D eigenvalue weighted by Crippen LogP contribution is 2.17. The summed E-state index contributed by atoms with van der Waals surface area (Å²) in [4.78, 5) is 0. The van der Waals surface area contributed by atoms with Crippen LogP contribution < -0.4 is 0 Å². The highest BCUT2D eigenvalue weighted by Gasteiger charge is 2.02. The van der Waals surface area contributed by atoms with E-state index in [1.54, 1.807) is 0 Å². The summed E-state index contributed by atoms with van der Waals surface area (Å²) >= 11 is 0. The summed E-state index contributed by atoms with van der Waals surface area (Å²) in [7, 11) is 0. The van der Waals surface area contributed by atoms with Crippen LogP contribution in [-0.2, 0) is 6.42 Å². The van der Waals surface area contributed by atoms with Crippen molar-refractivity contribution in [1.29, 1.82) is 0 Å². The Morgan fingerprint density at radius 1 is 1.08 bits per heavy atom. The monoisotopic (exact) mass is 172 g/mol. The molecular weight excluding hydrogens is 156 g/mol. The van der Waals surface area contributed by atoms with Crippen LogP contribution in [0.25, 0.3) is 0 Å². The van der Waals surface area contributed by atoms with Crippen LogP contribution in [0.2, 0.25) is 0 Å². The van der Waals surface area contributed by atoms with Crippen LogP contribution in [-0.4, -0.2) is 0 Å². The molecule has 1 aromatic carbocycles. The van der Waals surface area contributed by atoms with E-state index in [0.29, 0.717) is 0 Å². The van der Waals surface area contributed by atoms with Crippen molar-refractivity contribution in [3.05, 3.63) is 34.4 Å². The van der Waals surface area contributed by atoms with Crippen molar-refractivity contribution in [2.75, 3.05) is 0 Å². The second-order valence-electron chi connectivity index (χ2n) is 3.41. The van der Waals surface area contributed by atoms with Gasteiger partial charge in [-0.1, -0.05) is 18.1 Å². The average Bonchev–Trinajstić information content (AvgIpc) is 2.12. The van der Waals surface area contributed by atoms with E-state index in [1.165, 1.54) is 22.3 Å². The van der Waals surface area contributed by atoms with Gasteiger partial charge in [0.1, 0.15) is 0 Å². The normalized spacial score (nSPS) is 9.23. The Kier molecular flexibility index (Phi) is 3.14. The Bertz CT molecular complexity index is 362. The van der Waals surface area contributed by atoms with Crippen LogP contribution in [0.5, 0.6) is 0 Å². The van der Waals surface area contributed by atoms with Gasteiger partial charge in [-0.25, -0.2) is 0 Å².